The lowest BCUT2D eigenvalue weighted by Crippen LogP contribution is -2.11. The van der Waals surface area contributed by atoms with Crippen molar-refractivity contribution < 1.29 is 4.52 Å². The van der Waals surface area contributed by atoms with Crippen LogP contribution >= 0.6 is 0 Å². The third kappa shape index (κ3) is 3.02. The first-order valence-corrected chi connectivity index (χ1v) is 5.84. The van der Waals surface area contributed by atoms with Crippen LogP contribution < -0.4 is 5.32 Å². The van der Waals surface area contributed by atoms with Crippen LogP contribution in [-0.2, 0) is 12.8 Å². The SMILES string of the molecule is CNCCc1noc(CC2CCCC2)n1. The molecule has 1 aliphatic carbocycles. The van der Waals surface area contributed by atoms with Gasteiger partial charge in [-0.25, -0.2) is 0 Å². The van der Waals surface area contributed by atoms with Gasteiger partial charge in [0.1, 0.15) is 0 Å². The van der Waals surface area contributed by atoms with Crippen molar-refractivity contribution in [3.63, 3.8) is 0 Å². The molecule has 0 spiro atoms. The molecule has 0 amide bonds. The fourth-order valence-electron chi connectivity index (χ4n) is 2.17. The predicted octanol–water partition coefficient (Wildman–Crippen LogP) is 1.56. The van der Waals surface area contributed by atoms with Crippen LogP contribution in [-0.4, -0.2) is 23.7 Å². The predicted molar refractivity (Wildman–Crippen MR) is 57.6 cm³/mol. The van der Waals surface area contributed by atoms with Crippen LogP contribution in [0.5, 0.6) is 0 Å². The lowest BCUT2D eigenvalue weighted by atomic mass is 10.0. The molecule has 4 nitrogen and oxygen atoms in total. The monoisotopic (exact) mass is 209 g/mol. The Balaban J connectivity index is 1.83. The zero-order chi connectivity index (χ0) is 10.5. The van der Waals surface area contributed by atoms with E-state index in [0.29, 0.717) is 0 Å². The number of aromatic nitrogens is 2. The molecule has 15 heavy (non-hydrogen) atoms. The zero-order valence-electron chi connectivity index (χ0n) is 9.33. The molecule has 0 aromatic carbocycles. The van der Waals surface area contributed by atoms with Gasteiger partial charge >= 0.3 is 0 Å². The summed E-state index contributed by atoms with van der Waals surface area (Å²) in [5, 5.41) is 7.05. The van der Waals surface area contributed by atoms with Crippen LogP contribution in [0.4, 0.5) is 0 Å². The highest BCUT2D eigenvalue weighted by atomic mass is 16.5. The number of likely N-dealkylation sites (N-methyl/N-ethyl adjacent to an activating group) is 1. The molecule has 0 bridgehead atoms. The van der Waals surface area contributed by atoms with Crippen molar-refractivity contribution >= 4 is 0 Å². The summed E-state index contributed by atoms with van der Waals surface area (Å²) in [4.78, 5) is 4.39. The van der Waals surface area contributed by atoms with Gasteiger partial charge in [0, 0.05) is 19.4 Å². The Morgan fingerprint density at radius 2 is 2.20 bits per heavy atom. The van der Waals surface area contributed by atoms with Crippen LogP contribution in [0.25, 0.3) is 0 Å². The zero-order valence-corrected chi connectivity index (χ0v) is 9.33. The van der Waals surface area contributed by atoms with E-state index in [1.807, 2.05) is 7.05 Å². The van der Waals surface area contributed by atoms with Crippen molar-refractivity contribution in [3.05, 3.63) is 11.7 Å². The summed E-state index contributed by atoms with van der Waals surface area (Å²) >= 11 is 0. The van der Waals surface area contributed by atoms with Crippen molar-refractivity contribution in [2.75, 3.05) is 13.6 Å². The highest BCUT2D eigenvalue weighted by Crippen LogP contribution is 2.27. The van der Waals surface area contributed by atoms with Crippen molar-refractivity contribution in [2.45, 2.75) is 38.5 Å². The quantitative estimate of drug-likeness (QED) is 0.799. The standard InChI is InChI=1S/C11H19N3O/c1-12-7-6-10-13-11(15-14-10)8-9-4-2-3-5-9/h9,12H,2-8H2,1H3. The first-order chi connectivity index (χ1) is 7.38. The second kappa shape index (κ2) is 5.26. The molecule has 0 atom stereocenters. The maximum atomic E-state index is 5.23. The van der Waals surface area contributed by atoms with Gasteiger partial charge in [0.25, 0.3) is 0 Å². The van der Waals surface area contributed by atoms with Gasteiger partial charge in [0.05, 0.1) is 0 Å². The minimum atomic E-state index is 0.780. The lowest BCUT2D eigenvalue weighted by Gasteiger charge is -2.02. The van der Waals surface area contributed by atoms with Crippen molar-refractivity contribution in [3.8, 4) is 0 Å². The molecule has 1 aromatic rings. The van der Waals surface area contributed by atoms with Gasteiger partial charge in [-0.1, -0.05) is 18.0 Å². The van der Waals surface area contributed by atoms with Gasteiger partial charge in [0.15, 0.2) is 5.82 Å². The van der Waals surface area contributed by atoms with Crippen LogP contribution in [0.15, 0.2) is 4.52 Å². The maximum Gasteiger partial charge on any atom is 0.226 e. The summed E-state index contributed by atoms with van der Waals surface area (Å²) in [6.07, 6.45) is 7.22. The van der Waals surface area contributed by atoms with Gasteiger partial charge in [-0.05, 0) is 25.8 Å². The second-order valence-electron chi connectivity index (χ2n) is 4.31. The van der Waals surface area contributed by atoms with Gasteiger partial charge in [-0.15, -0.1) is 0 Å². The molecular formula is C11H19N3O. The molecule has 84 valence electrons. The Bertz CT molecular complexity index is 292. The van der Waals surface area contributed by atoms with E-state index in [1.165, 1.54) is 25.7 Å². The van der Waals surface area contributed by atoms with E-state index in [0.717, 1.165) is 37.0 Å². The first-order valence-electron chi connectivity index (χ1n) is 5.84. The summed E-state index contributed by atoms with van der Waals surface area (Å²) < 4.78 is 5.23. The highest BCUT2D eigenvalue weighted by Gasteiger charge is 2.18. The van der Waals surface area contributed by atoms with E-state index < -0.39 is 0 Å². The number of hydrogen-bond donors (Lipinski definition) is 1. The third-order valence-corrected chi connectivity index (χ3v) is 3.05. The number of hydrogen-bond acceptors (Lipinski definition) is 4. The second-order valence-corrected chi connectivity index (χ2v) is 4.31. The molecule has 0 saturated heterocycles. The third-order valence-electron chi connectivity index (χ3n) is 3.05. The molecule has 1 N–H and O–H groups in total. The minimum Gasteiger partial charge on any atom is -0.339 e. The molecule has 4 heteroatoms. The van der Waals surface area contributed by atoms with Gasteiger partial charge in [-0.3, -0.25) is 0 Å². The van der Waals surface area contributed by atoms with E-state index in [4.69, 9.17) is 4.52 Å². The summed E-state index contributed by atoms with van der Waals surface area (Å²) in [7, 11) is 1.93. The normalized spacial score (nSPS) is 17.4. The van der Waals surface area contributed by atoms with Crippen LogP contribution in [0.2, 0.25) is 0 Å². The van der Waals surface area contributed by atoms with Crippen LogP contribution in [0.3, 0.4) is 0 Å². The lowest BCUT2D eigenvalue weighted by molar-refractivity contribution is 0.349. The van der Waals surface area contributed by atoms with Crippen LogP contribution in [0.1, 0.15) is 37.4 Å². The molecule has 1 aromatic heterocycles. The van der Waals surface area contributed by atoms with Crippen molar-refractivity contribution in [2.24, 2.45) is 5.92 Å². The Labute approximate surface area is 90.4 Å². The highest BCUT2D eigenvalue weighted by molar-refractivity contribution is 4.89. The molecule has 1 heterocycles. The molecule has 0 aliphatic heterocycles. The maximum absolute atomic E-state index is 5.23. The van der Waals surface area contributed by atoms with E-state index in [1.54, 1.807) is 0 Å². The first kappa shape index (κ1) is 10.6. The smallest absolute Gasteiger partial charge is 0.226 e. The summed E-state index contributed by atoms with van der Waals surface area (Å²) in [6, 6.07) is 0. The average Bonchev–Trinajstić information content (AvgIpc) is 2.87. The molecule has 1 saturated carbocycles. The van der Waals surface area contributed by atoms with Gasteiger partial charge in [-0.2, -0.15) is 4.98 Å². The van der Waals surface area contributed by atoms with Gasteiger partial charge in [0.2, 0.25) is 5.89 Å². The Morgan fingerprint density at radius 1 is 1.40 bits per heavy atom. The fourth-order valence-corrected chi connectivity index (χ4v) is 2.17. The Hall–Kier alpha value is -0.900. The number of nitrogens with zero attached hydrogens (tertiary/aromatic N) is 2. The summed E-state index contributed by atoms with van der Waals surface area (Å²) in [5.41, 5.74) is 0. The Morgan fingerprint density at radius 3 is 2.93 bits per heavy atom. The molecule has 2 rings (SSSR count). The van der Waals surface area contributed by atoms with E-state index in [-0.39, 0.29) is 0 Å². The molecule has 1 fully saturated rings. The van der Waals surface area contributed by atoms with Crippen molar-refractivity contribution in [1.29, 1.82) is 0 Å². The fraction of sp³-hybridized carbons (Fsp3) is 0.818. The molecular weight excluding hydrogens is 190 g/mol. The minimum absolute atomic E-state index is 0.780. The molecule has 1 aliphatic rings. The van der Waals surface area contributed by atoms with E-state index in [9.17, 15) is 0 Å². The van der Waals surface area contributed by atoms with E-state index >= 15 is 0 Å². The summed E-state index contributed by atoms with van der Waals surface area (Å²) in [6.45, 7) is 0.905. The average molecular weight is 209 g/mol. The number of nitrogens with one attached hydrogen (secondary N) is 1. The van der Waals surface area contributed by atoms with E-state index in [2.05, 4.69) is 15.5 Å². The Kier molecular flexibility index (Phi) is 3.72. The topological polar surface area (TPSA) is 51.0 Å². The van der Waals surface area contributed by atoms with Gasteiger partial charge < -0.3 is 9.84 Å². The molecule has 0 radical (unpaired) electrons. The van der Waals surface area contributed by atoms with Crippen molar-refractivity contribution in [1.82, 2.24) is 15.5 Å². The molecule has 0 unspecified atom stereocenters. The largest absolute Gasteiger partial charge is 0.339 e. The number of rotatable bonds is 5. The summed E-state index contributed by atoms with van der Waals surface area (Å²) in [5.74, 6) is 2.44. The van der Waals surface area contributed by atoms with Crippen LogP contribution in [0, 0.1) is 5.92 Å².